The third-order valence-corrected chi connectivity index (χ3v) is 5.66. The molecule has 1 amide bonds. The Balaban J connectivity index is 0.00000841. The molecule has 0 aromatic heterocycles. The number of halogens is 1. The minimum absolute atomic E-state index is 0. The number of aliphatic imine (C=N–C) groups is 1. The quantitative estimate of drug-likeness (QED) is 0.230. The zero-order valence-electron chi connectivity index (χ0n) is 19.5. The largest absolute Gasteiger partial charge is 1.00 e. The maximum atomic E-state index is 11.2. The van der Waals surface area contributed by atoms with Crippen LogP contribution in [0, 0.1) is 0 Å². The molecule has 4 nitrogen and oxygen atoms in total. The van der Waals surface area contributed by atoms with Crippen LogP contribution in [-0.2, 0) is 4.74 Å². The lowest BCUT2D eigenvalue weighted by atomic mass is 10.0. The molecule has 0 fully saturated rings. The van der Waals surface area contributed by atoms with Gasteiger partial charge in [-0.3, -0.25) is 0 Å². The maximum Gasteiger partial charge on any atom is 0.433 e. The number of rotatable bonds is 17. The fourth-order valence-corrected chi connectivity index (χ4v) is 3.84. The number of methoxy groups -OCH3 is 1. The molecule has 5 heteroatoms. The van der Waals surface area contributed by atoms with Gasteiger partial charge in [0.1, 0.15) is 12.3 Å². The van der Waals surface area contributed by atoms with Gasteiger partial charge in [-0.05, 0) is 12.5 Å². The Morgan fingerprint density at radius 2 is 1.33 bits per heavy atom. The lowest BCUT2D eigenvalue weighted by Gasteiger charge is -2.07. The van der Waals surface area contributed by atoms with Crippen LogP contribution in [0.3, 0.4) is 0 Å². The van der Waals surface area contributed by atoms with Crippen molar-refractivity contribution in [2.24, 2.45) is 4.99 Å². The fraction of sp³-hybridized carbons (Fsp3) is 0.800. The van der Waals surface area contributed by atoms with Crippen molar-refractivity contribution < 1.29 is 31.1 Å². The first kappa shape index (κ1) is 29.0. The Hall–Kier alpha value is -0.970. The molecule has 1 aliphatic rings. The first-order valence-corrected chi connectivity index (χ1v) is 12.2. The smallest absolute Gasteiger partial charge is 0.433 e. The summed E-state index contributed by atoms with van der Waals surface area (Å²) in [6, 6.07) is 0. The molecule has 1 rings (SSSR count). The molecule has 0 aliphatic carbocycles. The summed E-state index contributed by atoms with van der Waals surface area (Å²) in [5.41, 5.74) is 0.774. The Kier molecular flexibility index (Phi) is 20.6. The monoisotopic (exact) mass is 484 g/mol. The summed E-state index contributed by atoms with van der Waals surface area (Å²) in [5.74, 6) is 0. The number of allylic oxidation sites excluding steroid dienone is 1. The van der Waals surface area contributed by atoms with Gasteiger partial charge in [0.2, 0.25) is 0 Å². The zero-order valence-corrected chi connectivity index (χ0v) is 21.1. The van der Waals surface area contributed by atoms with Crippen molar-refractivity contribution in [2.75, 3.05) is 20.2 Å². The van der Waals surface area contributed by atoms with Gasteiger partial charge in [0.25, 0.3) is 0 Å². The highest BCUT2D eigenvalue weighted by molar-refractivity contribution is 6.04. The Labute approximate surface area is 196 Å². The molecule has 0 radical (unpaired) electrons. The van der Waals surface area contributed by atoms with Gasteiger partial charge in [0.05, 0.1) is 7.11 Å². The third-order valence-electron chi connectivity index (χ3n) is 5.66. The molecule has 0 bridgehead atoms. The molecule has 174 valence electrons. The molecule has 0 unspecified atom stereocenters. The predicted molar refractivity (Wildman–Crippen MR) is 125 cm³/mol. The minimum atomic E-state index is -0.520. The summed E-state index contributed by atoms with van der Waals surface area (Å²) >= 11 is 0. The van der Waals surface area contributed by atoms with Gasteiger partial charge in [-0.1, -0.05) is 96.8 Å². The summed E-state index contributed by atoms with van der Waals surface area (Å²) in [6.45, 7) is 4.01. The van der Waals surface area contributed by atoms with Crippen LogP contribution in [0.15, 0.2) is 17.1 Å². The van der Waals surface area contributed by atoms with Gasteiger partial charge in [0, 0.05) is 12.5 Å². The number of carbonyl (C=O) groups is 1. The number of nitrogens with zero attached hydrogens (tertiary/aromatic N) is 2. The summed E-state index contributed by atoms with van der Waals surface area (Å²) in [6.07, 6.45) is 27.7. The molecule has 1 heterocycles. The van der Waals surface area contributed by atoms with E-state index in [1.807, 2.05) is 12.2 Å². The average Bonchev–Trinajstić information content (AvgIpc) is 2.73. The van der Waals surface area contributed by atoms with Crippen molar-refractivity contribution in [1.29, 1.82) is 0 Å². The van der Waals surface area contributed by atoms with E-state index in [0.717, 1.165) is 12.3 Å². The maximum absolute atomic E-state index is 11.2. The Bertz CT molecular complexity index is 515. The van der Waals surface area contributed by atoms with Crippen LogP contribution in [0.1, 0.15) is 110 Å². The van der Waals surface area contributed by atoms with Crippen molar-refractivity contribution in [3.05, 3.63) is 12.2 Å². The molecule has 0 aromatic carbocycles. The van der Waals surface area contributed by atoms with E-state index >= 15 is 0 Å². The van der Waals surface area contributed by atoms with E-state index in [1.165, 1.54) is 110 Å². The molecule has 1 aliphatic heterocycles. The van der Waals surface area contributed by atoms with Crippen LogP contribution in [0.2, 0.25) is 0 Å². The molecular formula is C25H45BrN2O2. The molecule has 0 N–H and O–H groups in total. The predicted octanol–water partition coefficient (Wildman–Crippen LogP) is 4.11. The summed E-state index contributed by atoms with van der Waals surface area (Å²) in [4.78, 5) is 15.2. The lowest BCUT2D eigenvalue weighted by molar-refractivity contribution is -0.508. The van der Waals surface area contributed by atoms with Crippen molar-refractivity contribution in [2.45, 2.75) is 110 Å². The molecular weight excluding hydrogens is 440 g/mol. The van der Waals surface area contributed by atoms with Crippen LogP contribution in [0.25, 0.3) is 0 Å². The second-order valence-electron chi connectivity index (χ2n) is 8.36. The summed E-state index contributed by atoms with van der Waals surface area (Å²) in [5, 5.41) is 0. The highest BCUT2D eigenvalue weighted by atomic mass is 79.9. The number of hydrogen-bond acceptors (Lipinski definition) is 2. The zero-order chi connectivity index (χ0) is 21.0. The lowest BCUT2D eigenvalue weighted by Crippen LogP contribution is -3.00. The van der Waals surface area contributed by atoms with E-state index in [2.05, 4.69) is 27.4 Å². The third kappa shape index (κ3) is 16.8. The molecule has 0 aromatic rings. The minimum Gasteiger partial charge on any atom is -1.00 e. The molecule has 0 spiro atoms. The van der Waals surface area contributed by atoms with E-state index in [-0.39, 0.29) is 17.0 Å². The van der Waals surface area contributed by atoms with E-state index in [0.29, 0.717) is 6.54 Å². The van der Waals surface area contributed by atoms with E-state index in [4.69, 9.17) is 0 Å². The van der Waals surface area contributed by atoms with Gasteiger partial charge in [-0.2, -0.15) is 4.99 Å². The van der Waals surface area contributed by atoms with Gasteiger partial charge in [-0.25, -0.2) is 9.37 Å². The second-order valence-corrected chi connectivity index (χ2v) is 8.36. The van der Waals surface area contributed by atoms with Gasteiger partial charge >= 0.3 is 6.09 Å². The summed E-state index contributed by atoms with van der Waals surface area (Å²) < 4.78 is 6.82. The number of hydrogen-bond donors (Lipinski definition) is 0. The van der Waals surface area contributed by atoms with Gasteiger partial charge in [0.15, 0.2) is 12.8 Å². The normalized spacial score (nSPS) is 14.5. The first-order valence-electron chi connectivity index (χ1n) is 12.2. The van der Waals surface area contributed by atoms with Crippen molar-refractivity contribution in [3.63, 3.8) is 0 Å². The van der Waals surface area contributed by atoms with Crippen LogP contribution < -0.4 is 17.0 Å². The van der Waals surface area contributed by atoms with Gasteiger partial charge < -0.3 is 21.7 Å². The number of unbranched alkanes of at least 4 members (excludes halogenated alkanes) is 15. The number of amides is 1. The fourth-order valence-electron chi connectivity index (χ4n) is 3.84. The topological polar surface area (TPSA) is 41.7 Å². The van der Waals surface area contributed by atoms with Crippen LogP contribution in [-0.4, -0.2) is 42.8 Å². The number of carbonyl (C=O) groups excluding carboxylic acids is 1. The van der Waals surface area contributed by atoms with E-state index in [9.17, 15) is 4.79 Å². The standard InChI is InChI=1S/C25H45N2O2.BrH/c1-3-4-5-6-7-8-9-10-11-12-13-14-15-16-17-18-21-27-22-19-20-24(23-27)26-25(28)29-2;/h19-20,22H,3-18,21,23H2,1-2H3;1H/q+1;/p-1. The van der Waals surface area contributed by atoms with Crippen LogP contribution >= 0.6 is 0 Å². The summed E-state index contributed by atoms with van der Waals surface area (Å²) in [7, 11) is 1.36. The van der Waals surface area contributed by atoms with Crippen molar-refractivity contribution >= 4 is 18.0 Å². The van der Waals surface area contributed by atoms with Crippen LogP contribution in [0.5, 0.6) is 0 Å². The van der Waals surface area contributed by atoms with Crippen molar-refractivity contribution in [3.8, 4) is 0 Å². The molecule has 0 saturated heterocycles. The average molecular weight is 486 g/mol. The second kappa shape index (κ2) is 21.3. The highest BCUT2D eigenvalue weighted by Gasteiger charge is 2.12. The van der Waals surface area contributed by atoms with Crippen molar-refractivity contribution in [1.82, 2.24) is 0 Å². The molecule has 0 atom stereocenters. The Morgan fingerprint density at radius 1 is 0.867 bits per heavy atom. The van der Waals surface area contributed by atoms with E-state index in [1.54, 1.807) is 0 Å². The number of ether oxygens (including phenoxy) is 1. The highest BCUT2D eigenvalue weighted by Crippen LogP contribution is 2.13. The first-order chi connectivity index (χ1) is 14.3. The molecule has 0 saturated carbocycles. The molecule has 30 heavy (non-hydrogen) atoms. The van der Waals surface area contributed by atoms with Crippen LogP contribution in [0.4, 0.5) is 4.79 Å². The Morgan fingerprint density at radius 3 is 1.80 bits per heavy atom. The SMILES string of the molecule is CCCCCCCCCCCCCCCCCC[N+]1=CC=CC(=NC(=O)OC)C1.[Br-]. The van der Waals surface area contributed by atoms with Gasteiger partial charge in [-0.15, -0.1) is 0 Å². The van der Waals surface area contributed by atoms with E-state index < -0.39 is 6.09 Å².